The van der Waals surface area contributed by atoms with Gasteiger partial charge in [0.25, 0.3) is 0 Å². The standard InChI is InChI=1S/C18H20FNO2/c19-20-12-10-18(21,11-13-20)16-6-8-17(9-7-16)22-14-15-4-2-1-3-5-15/h1-9,21H,10-14H2. The van der Waals surface area contributed by atoms with Crippen molar-refractivity contribution >= 4 is 0 Å². The summed E-state index contributed by atoms with van der Waals surface area (Å²) >= 11 is 0. The summed E-state index contributed by atoms with van der Waals surface area (Å²) in [6.07, 6.45) is 0.821. The molecular formula is C18H20FNO2. The molecule has 0 atom stereocenters. The Bertz CT molecular complexity index is 592. The van der Waals surface area contributed by atoms with Gasteiger partial charge in [-0.3, -0.25) is 0 Å². The molecule has 0 amide bonds. The number of halogens is 1. The molecule has 0 saturated carbocycles. The lowest BCUT2D eigenvalue weighted by molar-refractivity contribution is -0.0867. The second kappa shape index (κ2) is 6.46. The minimum absolute atomic E-state index is 0.267. The molecule has 3 rings (SSSR count). The van der Waals surface area contributed by atoms with E-state index in [1.807, 2.05) is 54.6 Å². The number of piperidine rings is 1. The molecule has 0 aromatic heterocycles. The molecule has 2 aromatic carbocycles. The highest BCUT2D eigenvalue weighted by atomic mass is 19.2. The number of hydrogen-bond donors (Lipinski definition) is 1. The summed E-state index contributed by atoms with van der Waals surface area (Å²) in [7, 11) is 0. The quantitative estimate of drug-likeness (QED) is 0.878. The first-order valence-corrected chi connectivity index (χ1v) is 7.56. The maximum absolute atomic E-state index is 13.1. The Morgan fingerprint density at radius 1 is 1.00 bits per heavy atom. The largest absolute Gasteiger partial charge is 0.489 e. The predicted octanol–water partition coefficient (Wildman–Crippen LogP) is 3.43. The van der Waals surface area contributed by atoms with Crippen LogP contribution >= 0.6 is 0 Å². The summed E-state index contributed by atoms with van der Waals surface area (Å²) in [6, 6.07) is 17.4. The van der Waals surface area contributed by atoms with Crippen molar-refractivity contribution in [3.05, 3.63) is 65.7 Å². The number of hydrogen-bond acceptors (Lipinski definition) is 3. The zero-order chi connectivity index (χ0) is 15.4. The summed E-state index contributed by atoms with van der Waals surface area (Å²) in [5.74, 6) is 0.763. The van der Waals surface area contributed by atoms with Gasteiger partial charge in [0.15, 0.2) is 0 Å². The van der Waals surface area contributed by atoms with Crippen molar-refractivity contribution in [2.75, 3.05) is 13.1 Å². The molecule has 4 heteroatoms. The zero-order valence-electron chi connectivity index (χ0n) is 12.4. The molecule has 22 heavy (non-hydrogen) atoms. The molecule has 2 aromatic rings. The van der Waals surface area contributed by atoms with Gasteiger partial charge in [0.05, 0.1) is 5.60 Å². The van der Waals surface area contributed by atoms with Crippen LogP contribution in [0.25, 0.3) is 0 Å². The van der Waals surface area contributed by atoms with Crippen LogP contribution in [0, 0.1) is 0 Å². The van der Waals surface area contributed by atoms with Crippen LogP contribution in [0.15, 0.2) is 54.6 Å². The average molecular weight is 301 g/mol. The fraction of sp³-hybridized carbons (Fsp3) is 0.333. The Labute approximate surface area is 129 Å². The van der Waals surface area contributed by atoms with Crippen LogP contribution in [0.3, 0.4) is 0 Å². The van der Waals surface area contributed by atoms with Gasteiger partial charge in [0.1, 0.15) is 12.4 Å². The Hall–Kier alpha value is -1.91. The molecule has 0 bridgehead atoms. The molecule has 3 nitrogen and oxygen atoms in total. The summed E-state index contributed by atoms with van der Waals surface area (Å²) in [6.45, 7) is 1.05. The minimum atomic E-state index is -0.930. The number of nitrogens with zero attached hydrogens (tertiary/aromatic N) is 1. The first kappa shape index (κ1) is 15.0. The molecule has 0 radical (unpaired) electrons. The number of benzene rings is 2. The van der Waals surface area contributed by atoms with Gasteiger partial charge in [-0.15, -0.1) is 9.60 Å². The molecule has 1 N–H and O–H groups in total. The lowest BCUT2D eigenvalue weighted by atomic mass is 9.85. The fourth-order valence-corrected chi connectivity index (χ4v) is 2.74. The molecule has 1 saturated heterocycles. The van der Waals surface area contributed by atoms with Crippen molar-refractivity contribution in [1.82, 2.24) is 5.12 Å². The van der Waals surface area contributed by atoms with Gasteiger partial charge in [0.2, 0.25) is 0 Å². The highest BCUT2D eigenvalue weighted by molar-refractivity contribution is 5.31. The van der Waals surface area contributed by atoms with Crippen LogP contribution in [-0.2, 0) is 12.2 Å². The highest BCUT2D eigenvalue weighted by Gasteiger charge is 2.34. The molecule has 1 aliphatic heterocycles. The van der Waals surface area contributed by atoms with Gasteiger partial charge in [-0.1, -0.05) is 42.5 Å². The van der Waals surface area contributed by atoms with Crippen LogP contribution < -0.4 is 4.74 Å². The SMILES string of the molecule is OC1(c2ccc(OCc3ccccc3)cc2)CCN(F)CC1. The second-order valence-corrected chi connectivity index (χ2v) is 5.74. The van der Waals surface area contributed by atoms with E-state index in [0.717, 1.165) is 22.0 Å². The topological polar surface area (TPSA) is 32.7 Å². The zero-order valence-corrected chi connectivity index (χ0v) is 12.4. The molecule has 1 aliphatic rings. The molecule has 1 heterocycles. The van der Waals surface area contributed by atoms with Gasteiger partial charge >= 0.3 is 0 Å². The first-order chi connectivity index (χ1) is 10.7. The number of rotatable bonds is 4. The van der Waals surface area contributed by atoms with Gasteiger partial charge in [-0.2, -0.15) is 0 Å². The van der Waals surface area contributed by atoms with E-state index in [9.17, 15) is 9.59 Å². The summed E-state index contributed by atoms with van der Waals surface area (Å²) in [4.78, 5) is 0. The Morgan fingerprint density at radius 2 is 1.64 bits per heavy atom. The predicted molar refractivity (Wildman–Crippen MR) is 83.0 cm³/mol. The van der Waals surface area contributed by atoms with E-state index in [1.165, 1.54) is 0 Å². The molecule has 1 fully saturated rings. The Kier molecular flexibility index (Phi) is 4.41. The van der Waals surface area contributed by atoms with E-state index in [1.54, 1.807) is 0 Å². The molecule has 0 aliphatic carbocycles. The highest BCUT2D eigenvalue weighted by Crippen LogP contribution is 2.33. The van der Waals surface area contributed by atoms with E-state index < -0.39 is 5.60 Å². The third-order valence-electron chi connectivity index (χ3n) is 4.18. The van der Waals surface area contributed by atoms with Crippen molar-refractivity contribution < 1.29 is 14.3 Å². The van der Waals surface area contributed by atoms with Crippen molar-refractivity contribution in [2.45, 2.75) is 25.0 Å². The van der Waals surface area contributed by atoms with E-state index in [0.29, 0.717) is 19.4 Å². The smallest absolute Gasteiger partial charge is 0.119 e. The van der Waals surface area contributed by atoms with E-state index in [4.69, 9.17) is 4.74 Å². The lowest BCUT2D eigenvalue weighted by Gasteiger charge is -2.34. The Morgan fingerprint density at radius 3 is 2.27 bits per heavy atom. The van der Waals surface area contributed by atoms with E-state index in [2.05, 4.69) is 0 Å². The van der Waals surface area contributed by atoms with Crippen molar-refractivity contribution in [3.8, 4) is 5.75 Å². The fourth-order valence-electron chi connectivity index (χ4n) is 2.74. The average Bonchev–Trinajstić information content (AvgIpc) is 2.57. The molecule has 0 spiro atoms. The van der Waals surface area contributed by atoms with E-state index in [-0.39, 0.29) is 13.1 Å². The lowest BCUT2D eigenvalue weighted by Crippen LogP contribution is -2.39. The van der Waals surface area contributed by atoms with Crippen LogP contribution in [0.1, 0.15) is 24.0 Å². The monoisotopic (exact) mass is 301 g/mol. The summed E-state index contributed by atoms with van der Waals surface area (Å²) in [5, 5.41) is 11.4. The van der Waals surface area contributed by atoms with E-state index >= 15 is 0 Å². The Balaban J connectivity index is 1.63. The molecule has 0 unspecified atom stereocenters. The third kappa shape index (κ3) is 3.46. The van der Waals surface area contributed by atoms with Gasteiger partial charge in [-0.05, 0) is 36.1 Å². The summed E-state index contributed by atoms with van der Waals surface area (Å²) < 4.78 is 18.8. The normalized spacial score (nSPS) is 18.1. The summed E-state index contributed by atoms with van der Waals surface area (Å²) in [5.41, 5.74) is 1.01. The maximum Gasteiger partial charge on any atom is 0.119 e. The van der Waals surface area contributed by atoms with Crippen LogP contribution in [-0.4, -0.2) is 23.3 Å². The van der Waals surface area contributed by atoms with Gasteiger partial charge in [0, 0.05) is 13.1 Å². The van der Waals surface area contributed by atoms with Crippen molar-refractivity contribution in [3.63, 3.8) is 0 Å². The van der Waals surface area contributed by atoms with Gasteiger partial charge in [-0.25, -0.2) is 0 Å². The van der Waals surface area contributed by atoms with Crippen LogP contribution in [0.4, 0.5) is 4.48 Å². The van der Waals surface area contributed by atoms with Crippen molar-refractivity contribution in [1.29, 1.82) is 0 Å². The third-order valence-corrected chi connectivity index (χ3v) is 4.18. The second-order valence-electron chi connectivity index (χ2n) is 5.74. The first-order valence-electron chi connectivity index (χ1n) is 7.56. The minimum Gasteiger partial charge on any atom is -0.489 e. The number of ether oxygens (including phenoxy) is 1. The molecule has 116 valence electrons. The van der Waals surface area contributed by atoms with Crippen LogP contribution in [0.2, 0.25) is 0 Å². The molecular weight excluding hydrogens is 281 g/mol. The van der Waals surface area contributed by atoms with Gasteiger partial charge < -0.3 is 9.84 Å². The van der Waals surface area contributed by atoms with Crippen LogP contribution in [0.5, 0.6) is 5.75 Å². The van der Waals surface area contributed by atoms with Crippen molar-refractivity contribution in [2.24, 2.45) is 0 Å². The maximum atomic E-state index is 13.1. The number of aliphatic hydroxyl groups is 1.